The predicted octanol–water partition coefficient (Wildman–Crippen LogP) is 2.59. The van der Waals surface area contributed by atoms with Gasteiger partial charge in [-0.15, -0.1) is 0 Å². The number of carbonyl (C=O) groups excluding carboxylic acids is 1. The maximum atomic E-state index is 12.1. The summed E-state index contributed by atoms with van der Waals surface area (Å²) in [6, 6.07) is 9.07. The second-order valence-electron chi connectivity index (χ2n) is 4.62. The van der Waals surface area contributed by atoms with E-state index in [1.807, 2.05) is 19.1 Å². The van der Waals surface area contributed by atoms with Crippen molar-refractivity contribution in [2.75, 3.05) is 19.5 Å². The van der Waals surface area contributed by atoms with E-state index in [4.69, 9.17) is 9.47 Å². The molecule has 0 saturated carbocycles. The minimum Gasteiger partial charge on any atom is -0.497 e. The molecular weight excluding hydrogens is 268 g/mol. The van der Waals surface area contributed by atoms with Gasteiger partial charge in [0, 0.05) is 11.8 Å². The first kappa shape index (κ1) is 14.8. The molecule has 2 rings (SSSR count). The zero-order valence-electron chi connectivity index (χ0n) is 12.3. The fraction of sp³-hybridized carbons (Fsp3) is 0.250. The quantitative estimate of drug-likeness (QED) is 0.917. The van der Waals surface area contributed by atoms with Crippen molar-refractivity contribution >= 4 is 11.7 Å². The van der Waals surface area contributed by atoms with E-state index in [1.165, 1.54) is 0 Å². The first-order chi connectivity index (χ1) is 10.1. The monoisotopic (exact) mass is 286 g/mol. The molecule has 0 aliphatic rings. The highest BCUT2D eigenvalue weighted by molar-refractivity contribution is 5.91. The average Bonchev–Trinajstić information content (AvgIpc) is 2.47. The number of hydrogen-bond acceptors (Lipinski definition) is 4. The van der Waals surface area contributed by atoms with Crippen LogP contribution in [0.4, 0.5) is 5.82 Å². The number of nitrogens with one attached hydrogen (secondary N) is 1. The van der Waals surface area contributed by atoms with E-state index < -0.39 is 0 Å². The summed E-state index contributed by atoms with van der Waals surface area (Å²) < 4.78 is 10.4. The van der Waals surface area contributed by atoms with Crippen molar-refractivity contribution < 1.29 is 14.3 Å². The van der Waals surface area contributed by atoms with Gasteiger partial charge in [-0.25, -0.2) is 4.98 Å². The van der Waals surface area contributed by atoms with Crippen molar-refractivity contribution in [2.24, 2.45) is 0 Å². The highest BCUT2D eigenvalue weighted by Gasteiger charge is 2.11. The second kappa shape index (κ2) is 6.74. The molecule has 1 aromatic heterocycles. The summed E-state index contributed by atoms with van der Waals surface area (Å²) in [4.78, 5) is 16.2. The lowest BCUT2D eigenvalue weighted by Gasteiger charge is -2.10. The highest BCUT2D eigenvalue weighted by atomic mass is 16.5. The number of aryl methyl sites for hydroxylation is 1. The van der Waals surface area contributed by atoms with Gasteiger partial charge in [-0.05, 0) is 42.8 Å². The molecule has 0 aliphatic carbocycles. The Morgan fingerprint density at radius 1 is 1.19 bits per heavy atom. The van der Waals surface area contributed by atoms with E-state index in [9.17, 15) is 4.79 Å². The van der Waals surface area contributed by atoms with Gasteiger partial charge in [0.2, 0.25) is 5.91 Å². The van der Waals surface area contributed by atoms with Crippen molar-refractivity contribution in [3.63, 3.8) is 0 Å². The van der Waals surface area contributed by atoms with Crippen LogP contribution in [-0.2, 0) is 11.2 Å². The Bertz CT molecular complexity index is 641. The van der Waals surface area contributed by atoms with Gasteiger partial charge in [0.1, 0.15) is 17.3 Å². The number of benzene rings is 1. The number of hydrogen-bond donors (Lipinski definition) is 1. The summed E-state index contributed by atoms with van der Waals surface area (Å²) in [7, 11) is 3.16. The number of nitrogens with zero attached hydrogens (tertiary/aromatic N) is 1. The lowest BCUT2D eigenvalue weighted by atomic mass is 10.1. The molecule has 0 atom stereocenters. The molecule has 5 heteroatoms. The van der Waals surface area contributed by atoms with Crippen molar-refractivity contribution in [1.82, 2.24) is 4.98 Å². The molecule has 0 fully saturated rings. The van der Waals surface area contributed by atoms with Crippen LogP contribution in [0.2, 0.25) is 0 Å². The molecule has 0 saturated heterocycles. The third-order valence-electron chi connectivity index (χ3n) is 3.02. The molecule has 0 unspecified atom stereocenters. The average molecular weight is 286 g/mol. The van der Waals surface area contributed by atoms with E-state index in [-0.39, 0.29) is 12.3 Å². The van der Waals surface area contributed by atoms with Crippen LogP contribution in [0.1, 0.15) is 11.1 Å². The van der Waals surface area contributed by atoms with Crippen molar-refractivity contribution in [1.29, 1.82) is 0 Å². The standard InChI is InChI=1S/C16H18N2O3/c1-11-6-7-17-15(8-11)18-16(19)10-12-9-13(20-2)4-5-14(12)21-3/h4-9H,10H2,1-3H3,(H,17,18,19). The number of carbonyl (C=O) groups is 1. The number of amides is 1. The molecule has 5 nitrogen and oxygen atoms in total. The largest absolute Gasteiger partial charge is 0.497 e. The number of methoxy groups -OCH3 is 2. The number of rotatable bonds is 5. The summed E-state index contributed by atoms with van der Waals surface area (Å²) in [6.07, 6.45) is 1.85. The lowest BCUT2D eigenvalue weighted by Crippen LogP contribution is -2.15. The number of aromatic nitrogens is 1. The van der Waals surface area contributed by atoms with Gasteiger partial charge >= 0.3 is 0 Å². The maximum absolute atomic E-state index is 12.1. The SMILES string of the molecule is COc1ccc(OC)c(CC(=O)Nc2cc(C)ccn2)c1. The summed E-state index contributed by atoms with van der Waals surface area (Å²) in [6.45, 7) is 1.95. The van der Waals surface area contributed by atoms with Crippen LogP contribution in [0.25, 0.3) is 0 Å². The van der Waals surface area contributed by atoms with Gasteiger partial charge in [0.15, 0.2) is 0 Å². The molecular formula is C16H18N2O3. The van der Waals surface area contributed by atoms with E-state index in [0.717, 1.165) is 11.1 Å². The van der Waals surface area contributed by atoms with Crippen LogP contribution >= 0.6 is 0 Å². The third kappa shape index (κ3) is 3.95. The molecule has 1 N–H and O–H groups in total. The van der Waals surface area contributed by atoms with Crippen molar-refractivity contribution in [3.05, 3.63) is 47.7 Å². The Labute approximate surface area is 123 Å². The minimum absolute atomic E-state index is 0.153. The number of pyridine rings is 1. The smallest absolute Gasteiger partial charge is 0.230 e. The van der Waals surface area contributed by atoms with Crippen LogP contribution in [0.3, 0.4) is 0 Å². The maximum Gasteiger partial charge on any atom is 0.230 e. The first-order valence-electron chi connectivity index (χ1n) is 6.56. The Morgan fingerprint density at radius 3 is 2.67 bits per heavy atom. The zero-order valence-corrected chi connectivity index (χ0v) is 12.3. The first-order valence-corrected chi connectivity index (χ1v) is 6.56. The second-order valence-corrected chi connectivity index (χ2v) is 4.62. The summed E-state index contributed by atoms with van der Waals surface area (Å²) in [5.41, 5.74) is 1.81. The van der Waals surface area contributed by atoms with Crippen molar-refractivity contribution in [3.8, 4) is 11.5 Å². The summed E-state index contributed by atoms with van der Waals surface area (Å²) >= 11 is 0. The van der Waals surface area contributed by atoms with Gasteiger partial charge < -0.3 is 14.8 Å². The molecule has 0 spiro atoms. The normalized spacial score (nSPS) is 10.0. The molecule has 1 amide bonds. The van der Waals surface area contributed by atoms with Gasteiger partial charge in [-0.3, -0.25) is 4.79 Å². The van der Waals surface area contributed by atoms with Crippen LogP contribution in [0, 0.1) is 6.92 Å². The third-order valence-corrected chi connectivity index (χ3v) is 3.02. The van der Waals surface area contributed by atoms with Gasteiger partial charge in [0.05, 0.1) is 20.6 Å². The molecule has 2 aromatic rings. The molecule has 0 aliphatic heterocycles. The Morgan fingerprint density at radius 2 is 2.00 bits per heavy atom. The number of anilines is 1. The lowest BCUT2D eigenvalue weighted by molar-refractivity contribution is -0.115. The fourth-order valence-electron chi connectivity index (χ4n) is 1.98. The van der Waals surface area contributed by atoms with Crippen molar-refractivity contribution in [2.45, 2.75) is 13.3 Å². The zero-order chi connectivity index (χ0) is 15.2. The molecule has 21 heavy (non-hydrogen) atoms. The van der Waals surface area contributed by atoms with E-state index in [0.29, 0.717) is 17.3 Å². The predicted molar refractivity (Wildman–Crippen MR) is 80.9 cm³/mol. The van der Waals surface area contributed by atoms with Gasteiger partial charge in [0.25, 0.3) is 0 Å². The summed E-state index contributed by atoms with van der Waals surface area (Å²) in [5, 5.41) is 2.77. The Balaban J connectivity index is 2.12. The van der Waals surface area contributed by atoms with Crippen LogP contribution in [-0.4, -0.2) is 25.1 Å². The summed E-state index contributed by atoms with van der Waals surface area (Å²) in [5.74, 6) is 1.73. The van der Waals surface area contributed by atoms with Gasteiger partial charge in [-0.2, -0.15) is 0 Å². The molecule has 1 aromatic carbocycles. The van der Waals surface area contributed by atoms with Crippen LogP contribution in [0.15, 0.2) is 36.5 Å². The van der Waals surface area contributed by atoms with E-state index in [1.54, 1.807) is 38.6 Å². The Hall–Kier alpha value is -2.56. The van der Waals surface area contributed by atoms with Crippen LogP contribution in [0.5, 0.6) is 11.5 Å². The van der Waals surface area contributed by atoms with E-state index >= 15 is 0 Å². The highest BCUT2D eigenvalue weighted by Crippen LogP contribution is 2.24. The Kier molecular flexibility index (Phi) is 4.77. The fourth-order valence-corrected chi connectivity index (χ4v) is 1.98. The topological polar surface area (TPSA) is 60.5 Å². The minimum atomic E-state index is -0.153. The molecule has 0 radical (unpaired) electrons. The molecule has 110 valence electrons. The van der Waals surface area contributed by atoms with Gasteiger partial charge in [-0.1, -0.05) is 0 Å². The van der Waals surface area contributed by atoms with Crippen LogP contribution < -0.4 is 14.8 Å². The number of ether oxygens (including phenoxy) is 2. The van der Waals surface area contributed by atoms with E-state index in [2.05, 4.69) is 10.3 Å². The molecule has 0 bridgehead atoms. The molecule has 1 heterocycles.